The number of rotatable bonds is 16. The molecule has 10 nitrogen and oxygen atoms in total. The molecular formula is C18H46N10. The normalized spacial score (nSPS) is 9.39. The highest BCUT2D eigenvalue weighted by molar-refractivity contribution is 5.76. The van der Waals surface area contributed by atoms with Crippen LogP contribution in [-0.4, -0.2) is 58.3 Å². The van der Waals surface area contributed by atoms with Gasteiger partial charge in [0.2, 0.25) is 12.2 Å². The van der Waals surface area contributed by atoms with Gasteiger partial charge in [-0.2, -0.15) is 5.26 Å². The van der Waals surface area contributed by atoms with Crippen molar-refractivity contribution in [2.24, 2.45) is 39.4 Å². The number of nitrogens with two attached hydrogens (primary N) is 6. The Morgan fingerprint density at radius 1 is 0.607 bits per heavy atom. The van der Waals surface area contributed by atoms with Gasteiger partial charge in [-0.05, 0) is 51.9 Å². The predicted octanol–water partition coefficient (Wildman–Crippen LogP) is -1.15. The van der Waals surface area contributed by atoms with E-state index in [4.69, 9.17) is 39.7 Å². The van der Waals surface area contributed by atoms with E-state index in [1.807, 2.05) is 0 Å². The summed E-state index contributed by atoms with van der Waals surface area (Å²) in [4.78, 5) is 2.90. The number of aliphatic imine (C=N–C) groups is 1. The van der Waals surface area contributed by atoms with E-state index in [-0.39, 0.29) is 5.96 Å². The SMILES string of the molecule is N#CN=C(N)N.NCCCCCCNCCCCCCN.NCCNCCN. The van der Waals surface area contributed by atoms with Gasteiger partial charge in [-0.3, -0.25) is 0 Å². The molecule has 0 saturated carbocycles. The van der Waals surface area contributed by atoms with E-state index in [0.717, 1.165) is 26.2 Å². The molecule has 0 aliphatic carbocycles. The summed E-state index contributed by atoms with van der Waals surface area (Å²) in [6, 6.07) is 0. The van der Waals surface area contributed by atoms with Gasteiger partial charge in [0.1, 0.15) is 0 Å². The number of nitrogens with one attached hydrogen (secondary N) is 2. The van der Waals surface area contributed by atoms with Crippen molar-refractivity contribution in [1.82, 2.24) is 10.6 Å². The van der Waals surface area contributed by atoms with Crippen LogP contribution in [0.4, 0.5) is 0 Å². The number of nitrogens with zero attached hydrogens (tertiary/aromatic N) is 2. The van der Waals surface area contributed by atoms with E-state index >= 15 is 0 Å². The molecule has 0 aliphatic rings. The quantitative estimate of drug-likeness (QED) is 0.0675. The molecule has 0 saturated heterocycles. The van der Waals surface area contributed by atoms with Crippen LogP contribution in [0.15, 0.2) is 4.99 Å². The minimum absolute atomic E-state index is 0.197. The van der Waals surface area contributed by atoms with E-state index in [1.165, 1.54) is 70.6 Å². The van der Waals surface area contributed by atoms with Gasteiger partial charge in [-0.15, -0.1) is 4.99 Å². The Balaban J connectivity index is -0.000000397. The molecule has 14 N–H and O–H groups in total. The van der Waals surface area contributed by atoms with Crippen molar-refractivity contribution in [3.8, 4) is 6.19 Å². The van der Waals surface area contributed by atoms with Gasteiger partial charge in [0.15, 0.2) is 0 Å². The largest absolute Gasteiger partial charge is 0.369 e. The molecule has 0 unspecified atom stereocenters. The standard InChI is InChI=1S/C12H29N3.C4H13N3.C2H4N4/c13-9-5-1-3-7-11-15-12-8-4-2-6-10-14;5-1-3-7-4-2-6;3-1-6-2(4)5/h15H,1-14H2;7H,1-6H2;(H4,4,5,6). The Hall–Kier alpha value is -1.48. The van der Waals surface area contributed by atoms with Gasteiger partial charge < -0.3 is 45.0 Å². The highest BCUT2D eigenvalue weighted by Crippen LogP contribution is 1.98. The fourth-order valence-electron chi connectivity index (χ4n) is 2.01. The minimum Gasteiger partial charge on any atom is -0.369 e. The smallest absolute Gasteiger partial charge is 0.209 e. The number of hydrogen-bond donors (Lipinski definition) is 8. The van der Waals surface area contributed by atoms with Gasteiger partial charge in [0.05, 0.1) is 0 Å². The lowest BCUT2D eigenvalue weighted by molar-refractivity contribution is 0.558. The van der Waals surface area contributed by atoms with Crippen LogP contribution in [0.3, 0.4) is 0 Å². The third-order valence-electron chi connectivity index (χ3n) is 3.44. The third kappa shape index (κ3) is 44.2. The Morgan fingerprint density at radius 3 is 1.29 bits per heavy atom. The molecule has 0 heterocycles. The molecule has 0 atom stereocenters. The molecule has 0 bridgehead atoms. The number of guanidine groups is 1. The second-order valence-corrected chi connectivity index (χ2v) is 6.12. The predicted molar refractivity (Wildman–Crippen MR) is 120 cm³/mol. The van der Waals surface area contributed by atoms with Crippen LogP contribution >= 0.6 is 0 Å². The molecule has 0 amide bonds. The summed E-state index contributed by atoms with van der Waals surface area (Å²) in [5, 5.41) is 14.2. The molecule has 10 heteroatoms. The second kappa shape index (κ2) is 33.1. The van der Waals surface area contributed by atoms with Crippen LogP contribution in [0.1, 0.15) is 51.4 Å². The first-order chi connectivity index (χ1) is 13.6. The van der Waals surface area contributed by atoms with Gasteiger partial charge in [0, 0.05) is 26.2 Å². The zero-order chi connectivity index (χ0) is 21.7. The van der Waals surface area contributed by atoms with E-state index < -0.39 is 0 Å². The molecule has 0 radical (unpaired) electrons. The maximum Gasteiger partial charge on any atom is 0.209 e. The van der Waals surface area contributed by atoms with Crippen LogP contribution in [0, 0.1) is 11.5 Å². The highest BCUT2D eigenvalue weighted by atomic mass is 15.0. The highest BCUT2D eigenvalue weighted by Gasteiger charge is 1.91. The lowest BCUT2D eigenvalue weighted by Gasteiger charge is -2.04. The molecule has 168 valence electrons. The Labute approximate surface area is 171 Å². The number of hydrogen-bond acceptors (Lipinski definition) is 8. The van der Waals surface area contributed by atoms with Crippen molar-refractivity contribution in [2.75, 3.05) is 52.4 Å². The lowest BCUT2D eigenvalue weighted by atomic mass is 10.2. The summed E-state index contributed by atoms with van der Waals surface area (Å²) in [7, 11) is 0. The van der Waals surface area contributed by atoms with Crippen LogP contribution in [0.2, 0.25) is 0 Å². The van der Waals surface area contributed by atoms with Gasteiger partial charge in [-0.1, -0.05) is 25.7 Å². The van der Waals surface area contributed by atoms with Crippen molar-refractivity contribution in [2.45, 2.75) is 51.4 Å². The number of nitriles is 1. The average molecular weight is 403 g/mol. The first-order valence-electron chi connectivity index (χ1n) is 10.3. The van der Waals surface area contributed by atoms with Crippen LogP contribution in [0.5, 0.6) is 0 Å². The summed E-state index contributed by atoms with van der Waals surface area (Å²) in [5.41, 5.74) is 30.6. The Bertz CT molecular complexity index is 311. The fourth-order valence-corrected chi connectivity index (χ4v) is 2.01. The fraction of sp³-hybridized carbons (Fsp3) is 0.889. The first kappa shape index (κ1) is 31.2. The van der Waals surface area contributed by atoms with Crippen molar-refractivity contribution in [3.63, 3.8) is 0 Å². The topological polar surface area (TPSA) is 216 Å². The molecule has 0 aromatic rings. The van der Waals surface area contributed by atoms with E-state index in [1.54, 1.807) is 0 Å². The molecule has 0 fully saturated rings. The molecule has 0 aromatic carbocycles. The Morgan fingerprint density at radius 2 is 1.00 bits per heavy atom. The average Bonchev–Trinajstić information content (AvgIpc) is 2.67. The van der Waals surface area contributed by atoms with Crippen molar-refractivity contribution in [3.05, 3.63) is 0 Å². The maximum absolute atomic E-state index is 7.64. The Kier molecular flexibility index (Phi) is 36.9. The van der Waals surface area contributed by atoms with E-state index in [2.05, 4.69) is 15.6 Å². The van der Waals surface area contributed by atoms with Gasteiger partial charge in [-0.25, -0.2) is 0 Å². The molecule has 0 rings (SSSR count). The molecule has 0 aliphatic heterocycles. The maximum atomic E-state index is 7.64. The van der Waals surface area contributed by atoms with Crippen LogP contribution < -0.4 is 45.0 Å². The summed E-state index contributed by atoms with van der Waals surface area (Å²) in [5.74, 6) is -0.197. The van der Waals surface area contributed by atoms with Gasteiger partial charge >= 0.3 is 0 Å². The van der Waals surface area contributed by atoms with E-state index in [0.29, 0.717) is 13.1 Å². The van der Waals surface area contributed by atoms with Crippen molar-refractivity contribution in [1.29, 1.82) is 5.26 Å². The lowest BCUT2D eigenvalue weighted by Crippen LogP contribution is -2.27. The third-order valence-corrected chi connectivity index (χ3v) is 3.44. The monoisotopic (exact) mass is 402 g/mol. The first-order valence-corrected chi connectivity index (χ1v) is 10.3. The van der Waals surface area contributed by atoms with E-state index in [9.17, 15) is 0 Å². The molecular weight excluding hydrogens is 356 g/mol. The van der Waals surface area contributed by atoms with Crippen LogP contribution in [0.25, 0.3) is 0 Å². The zero-order valence-electron chi connectivity index (χ0n) is 17.7. The van der Waals surface area contributed by atoms with Crippen molar-refractivity contribution >= 4 is 5.96 Å². The van der Waals surface area contributed by atoms with Crippen molar-refractivity contribution < 1.29 is 0 Å². The summed E-state index contributed by atoms with van der Waals surface area (Å²) >= 11 is 0. The summed E-state index contributed by atoms with van der Waals surface area (Å²) in [6.45, 7) is 7.15. The number of unbranched alkanes of at least 4 members (excludes halogenated alkanes) is 6. The molecule has 0 spiro atoms. The summed E-state index contributed by atoms with van der Waals surface area (Å²) in [6.07, 6.45) is 11.6. The minimum atomic E-state index is -0.197. The zero-order valence-corrected chi connectivity index (χ0v) is 17.7. The molecule has 28 heavy (non-hydrogen) atoms. The molecule has 0 aromatic heterocycles. The van der Waals surface area contributed by atoms with Gasteiger partial charge in [0.25, 0.3) is 0 Å². The van der Waals surface area contributed by atoms with Crippen LogP contribution in [-0.2, 0) is 0 Å². The second-order valence-electron chi connectivity index (χ2n) is 6.12. The summed E-state index contributed by atoms with van der Waals surface area (Å²) < 4.78 is 0.